The van der Waals surface area contributed by atoms with Gasteiger partial charge < -0.3 is 4.74 Å². The largest absolute Gasteiger partial charge is 0.495 e. The Hall–Kier alpha value is -2.12. The first-order valence-corrected chi connectivity index (χ1v) is 9.68. The molecule has 1 aliphatic heterocycles. The van der Waals surface area contributed by atoms with Crippen LogP contribution in [0.15, 0.2) is 41.8 Å². The van der Waals surface area contributed by atoms with Gasteiger partial charge in [0.25, 0.3) is 0 Å². The maximum atomic E-state index is 12.3. The number of rotatable bonds is 6. The summed E-state index contributed by atoms with van der Waals surface area (Å²) in [5.74, 6) is 0.317. The Morgan fingerprint density at radius 1 is 1.44 bits per heavy atom. The maximum absolute atomic E-state index is 12.3. The molecule has 0 radical (unpaired) electrons. The summed E-state index contributed by atoms with van der Waals surface area (Å²) in [5, 5.41) is 0. The van der Waals surface area contributed by atoms with Crippen LogP contribution in [0.3, 0.4) is 0 Å². The highest BCUT2D eigenvalue weighted by molar-refractivity contribution is 7.91. The van der Waals surface area contributed by atoms with Crippen molar-refractivity contribution in [3.05, 3.63) is 42.5 Å². The summed E-state index contributed by atoms with van der Waals surface area (Å²) in [5.41, 5.74) is 7.45. The highest BCUT2D eigenvalue weighted by Gasteiger charge is 2.24. The van der Waals surface area contributed by atoms with Crippen molar-refractivity contribution in [1.29, 1.82) is 0 Å². The number of hydrogen-bond acceptors (Lipinski definition) is 5. The predicted molar refractivity (Wildman–Crippen MR) is 97.7 cm³/mol. The monoisotopic (exact) mass is 364 g/mol. The summed E-state index contributed by atoms with van der Waals surface area (Å²) >= 11 is 0. The van der Waals surface area contributed by atoms with Gasteiger partial charge in [-0.3, -0.25) is 10.2 Å². The first kappa shape index (κ1) is 19.2. The molecule has 0 aliphatic carbocycles. The maximum Gasteiger partial charge on any atom is 0.234 e. The highest BCUT2D eigenvalue weighted by Crippen LogP contribution is 2.29. The zero-order chi connectivity index (χ0) is 18.6. The van der Waals surface area contributed by atoms with Crippen LogP contribution in [0.2, 0.25) is 0 Å². The molecule has 2 unspecified atom stereocenters. The molecule has 0 bridgehead atoms. The first-order valence-electron chi connectivity index (χ1n) is 8.03. The van der Waals surface area contributed by atoms with Gasteiger partial charge in [-0.2, -0.15) is 0 Å². The van der Waals surface area contributed by atoms with E-state index in [2.05, 4.69) is 17.4 Å². The number of ether oxygens (including phenoxy) is 1. The molecule has 0 aromatic heterocycles. The zero-order valence-electron chi connectivity index (χ0n) is 14.7. The summed E-state index contributed by atoms with van der Waals surface area (Å²) in [6, 6.07) is 5.04. The van der Waals surface area contributed by atoms with E-state index < -0.39 is 9.84 Å². The third-order valence-corrected chi connectivity index (χ3v) is 5.90. The molecule has 0 saturated carbocycles. The molecule has 0 spiro atoms. The van der Waals surface area contributed by atoms with E-state index in [0.717, 1.165) is 11.1 Å². The van der Waals surface area contributed by atoms with Crippen molar-refractivity contribution < 1.29 is 17.9 Å². The lowest BCUT2D eigenvalue weighted by Gasteiger charge is -2.28. The standard InChI is InChI=1S/C18H24N2O4S/c1-5-8-25(22,23)17-7-6-14(11-16(17)24-4)12(2)9-15-13(3)10-18(21)20-19-15/h5-7,9,11,13,15,19H,1,8,10H2,2-4H3,(H,20,21)/b12-9+. The SMILES string of the molecule is C=CCS(=O)(=O)c1ccc(/C(C)=C/C2NNC(=O)CC2C)cc1OC. The van der Waals surface area contributed by atoms with E-state index in [1.165, 1.54) is 13.2 Å². The van der Waals surface area contributed by atoms with Gasteiger partial charge in [0.15, 0.2) is 9.84 Å². The van der Waals surface area contributed by atoms with Crippen LogP contribution < -0.4 is 15.6 Å². The molecule has 2 rings (SSSR count). The van der Waals surface area contributed by atoms with Crippen LogP contribution in [0.4, 0.5) is 0 Å². The number of methoxy groups -OCH3 is 1. The Kier molecular flexibility index (Phi) is 6.02. The Bertz CT molecular complexity index is 799. The number of amides is 1. The summed E-state index contributed by atoms with van der Waals surface area (Å²) in [4.78, 5) is 11.5. The molecule has 1 aromatic rings. The van der Waals surface area contributed by atoms with E-state index in [1.807, 2.05) is 19.9 Å². The number of carbonyl (C=O) groups is 1. The molecule has 2 atom stereocenters. The van der Waals surface area contributed by atoms with E-state index in [1.54, 1.807) is 18.2 Å². The fourth-order valence-corrected chi connectivity index (χ4v) is 3.98. The summed E-state index contributed by atoms with van der Waals surface area (Å²) in [6.45, 7) is 7.43. The van der Waals surface area contributed by atoms with Crippen LogP contribution in [-0.2, 0) is 14.6 Å². The Labute approximate surface area is 148 Å². The minimum absolute atomic E-state index is 0.00729. The fourth-order valence-electron chi connectivity index (χ4n) is 2.76. The van der Waals surface area contributed by atoms with Gasteiger partial charge in [-0.15, -0.1) is 6.58 Å². The lowest BCUT2D eigenvalue weighted by Crippen LogP contribution is -2.52. The number of hydrazine groups is 1. The van der Waals surface area contributed by atoms with Crippen LogP contribution in [0.1, 0.15) is 25.8 Å². The van der Waals surface area contributed by atoms with Gasteiger partial charge in [0.1, 0.15) is 10.6 Å². The Balaban J connectivity index is 2.32. The molecule has 1 saturated heterocycles. The van der Waals surface area contributed by atoms with Gasteiger partial charge in [0, 0.05) is 12.5 Å². The van der Waals surface area contributed by atoms with Crippen molar-refractivity contribution in [2.75, 3.05) is 12.9 Å². The molecular weight excluding hydrogens is 340 g/mol. The molecule has 2 N–H and O–H groups in total. The average Bonchev–Trinajstić information content (AvgIpc) is 2.56. The topological polar surface area (TPSA) is 84.5 Å². The van der Waals surface area contributed by atoms with Crippen LogP contribution in [0.25, 0.3) is 5.57 Å². The summed E-state index contributed by atoms with van der Waals surface area (Å²) in [7, 11) is -2.01. The van der Waals surface area contributed by atoms with Crippen LogP contribution in [0.5, 0.6) is 5.75 Å². The van der Waals surface area contributed by atoms with E-state index in [-0.39, 0.29) is 28.5 Å². The zero-order valence-corrected chi connectivity index (χ0v) is 15.5. The number of hydrogen-bond donors (Lipinski definition) is 2. The first-order chi connectivity index (χ1) is 11.8. The van der Waals surface area contributed by atoms with E-state index >= 15 is 0 Å². The molecule has 25 heavy (non-hydrogen) atoms. The van der Waals surface area contributed by atoms with Crippen molar-refractivity contribution in [2.24, 2.45) is 5.92 Å². The van der Waals surface area contributed by atoms with Crippen LogP contribution in [-0.4, -0.2) is 33.2 Å². The highest BCUT2D eigenvalue weighted by atomic mass is 32.2. The molecule has 6 nitrogen and oxygen atoms in total. The Morgan fingerprint density at radius 3 is 2.76 bits per heavy atom. The lowest BCUT2D eigenvalue weighted by molar-refractivity contribution is -0.125. The molecule has 1 aliphatic rings. The van der Waals surface area contributed by atoms with E-state index in [0.29, 0.717) is 12.2 Å². The third-order valence-electron chi connectivity index (χ3n) is 4.22. The van der Waals surface area contributed by atoms with Gasteiger partial charge in [-0.1, -0.05) is 25.1 Å². The van der Waals surface area contributed by atoms with Gasteiger partial charge >= 0.3 is 0 Å². The number of nitrogens with one attached hydrogen (secondary N) is 2. The quantitative estimate of drug-likeness (QED) is 0.755. The second-order valence-corrected chi connectivity index (χ2v) is 8.19. The molecule has 1 heterocycles. The third kappa shape index (κ3) is 4.49. The summed E-state index contributed by atoms with van der Waals surface area (Å²) in [6.07, 6.45) is 3.85. The fraction of sp³-hybridized carbons (Fsp3) is 0.389. The van der Waals surface area contributed by atoms with Gasteiger partial charge in [-0.25, -0.2) is 13.8 Å². The smallest absolute Gasteiger partial charge is 0.234 e. The van der Waals surface area contributed by atoms with E-state index in [4.69, 9.17) is 4.74 Å². The second kappa shape index (κ2) is 7.84. The number of allylic oxidation sites excluding steroid dienone is 1. The van der Waals surface area contributed by atoms with Crippen molar-refractivity contribution >= 4 is 21.3 Å². The molecule has 1 amide bonds. The van der Waals surface area contributed by atoms with Gasteiger partial charge in [-0.05, 0) is 36.1 Å². The van der Waals surface area contributed by atoms with Crippen LogP contribution >= 0.6 is 0 Å². The average molecular weight is 364 g/mol. The molecule has 136 valence electrons. The number of benzene rings is 1. The van der Waals surface area contributed by atoms with Gasteiger partial charge in [0.05, 0.1) is 12.9 Å². The molecular formula is C18H24N2O4S. The summed E-state index contributed by atoms with van der Waals surface area (Å²) < 4.78 is 29.8. The van der Waals surface area contributed by atoms with Crippen molar-refractivity contribution in [2.45, 2.75) is 31.2 Å². The molecule has 1 aromatic carbocycles. The molecule has 7 heteroatoms. The second-order valence-electron chi connectivity index (χ2n) is 6.19. The Morgan fingerprint density at radius 2 is 2.16 bits per heavy atom. The normalized spacial score (nSPS) is 21.6. The minimum Gasteiger partial charge on any atom is -0.495 e. The van der Waals surface area contributed by atoms with E-state index in [9.17, 15) is 13.2 Å². The number of sulfone groups is 1. The lowest BCUT2D eigenvalue weighted by atomic mass is 9.93. The van der Waals surface area contributed by atoms with Crippen LogP contribution in [0, 0.1) is 5.92 Å². The predicted octanol–water partition coefficient (Wildman–Crippen LogP) is 2.09. The van der Waals surface area contributed by atoms with Crippen molar-refractivity contribution in [3.63, 3.8) is 0 Å². The minimum atomic E-state index is -3.46. The number of carbonyl (C=O) groups excluding carboxylic acids is 1. The molecule has 1 fully saturated rings. The van der Waals surface area contributed by atoms with Gasteiger partial charge in [0.2, 0.25) is 5.91 Å². The van der Waals surface area contributed by atoms with Crippen molar-refractivity contribution in [1.82, 2.24) is 10.9 Å². The van der Waals surface area contributed by atoms with Crippen molar-refractivity contribution in [3.8, 4) is 5.75 Å².